The lowest BCUT2D eigenvalue weighted by molar-refractivity contribution is 0.349. The van der Waals surface area contributed by atoms with Crippen LogP contribution in [0.3, 0.4) is 0 Å². The third kappa shape index (κ3) is 4.28. The highest BCUT2D eigenvalue weighted by molar-refractivity contribution is 7.11. The van der Waals surface area contributed by atoms with Crippen LogP contribution in [0.5, 0.6) is 0 Å². The van der Waals surface area contributed by atoms with Crippen molar-refractivity contribution in [3.63, 3.8) is 0 Å². The Morgan fingerprint density at radius 3 is 2.53 bits per heavy atom. The molecule has 1 aromatic heterocycles. The Balaban J connectivity index is 2.36. The van der Waals surface area contributed by atoms with E-state index in [-0.39, 0.29) is 0 Å². The van der Waals surface area contributed by atoms with Crippen molar-refractivity contribution in [1.82, 2.24) is 15.2 Å². The Labute approximate surface area is 96.5 Å². The van der Waals surface area contributed by atoms with Crippen LogP contribution >= 0.6 is 11.3 Å². The van der Waals surface area contributed by atoms with Gasteiger partial charge in [0.1, 0.15) is 5.01 Å². The molecule has 0 saturated heterocycles. The molecule has 0 aliphatic heterocycles. The largest absolute Gasteiger partial charge is 0.308 e. The van der Waals surface area contributed by atoms with Crippen LogP contribution < -0.4 is 5.32 Å². The molecular formula is C11H21N3S. The molecular weight excluding hydrogens is 206 g/mol. The molecule has 0 aromatic carbocycles. The van der Waals surface area contributed by atoms with Crippen molar-refractivity contribution >= 4 is 11.3 Å². The van der Waals surface area contributed by atoms with Crippen LogP contribution in [0, 0.1) is 13.8 Å². The second-order valence-electron chi connectivity index (χ2n) is 4.29. The molecule has 1 aromatic rings. The Bertz CT molecular complexity index is 287. The van der Waals surface area contributed by atoms with Crippen LogP contribution in [0.25, 0.3) is 0 Å². The Hall–Kier alpha value is -0.450. The lowest BCUT2D eigenvalue weighted by Gasteiger charge is -2.17. The first-order valence-corrected chi connectivity index (χ1v) is 6.11. The fourth-order valence-electron chi connectivity index (χ4n) is 1.49. The van der Waals surface area contributed by atoms with Crippen LogP contribution in [-0.2, 0) is 6.54 Å². The van der Waals surface area contributed by atoms with Crippen molar-refractivity contribution < 1.29 is 0 Å². The molecule has 0 bridgehead atoms. The average molecular weight is 227 g/mol. The lowest BCUT2D eigenvalue weighted by Crippen LogP contribution is -2.35. The van der Waals surface area contributed by atoms with E-state index in [9.17, 15) is 0 Å². The minimum Gasteiger partial charge on any atom is -0.308 e. The molecule has 86 valence electrons. The highest BCUT2D eigenvalue weighted by atomic mass is 32.1. The van der Waals surface area contributed by atoms with E-state index in [0.29, 0.717) is 6.04 Å². The van der Waals surface area contributed by atoms with E-state index >= 15 is 0 Å². The van der Waals surface area contributed by atoms with Gasteiger partial charge in [-0.2, -0.15) is 0 Å². The fraction of sp³-hybridized carbons (Fsp3) is 0.727. The zero-order valence-electron chi connectivity index (χ0n) is 10.3. The number of hydrogen-bond acceptors (Lipinski definition) is 4. The summed E-state index contributed by atoms with van der Waals surface area (Å²) in [6.45, 7) is 8.34. The predicted octanol–water partition coefficient (Wildman–Crippen LogP) is 1.80. The standard InChI is InChI=1S/C11H21N3S/c1-8(7-14(4)5)12-6-11-13-9(2)10(3)15-11/h8,12H,6-7H2,1-5H3. The summed E-state index contributed by atoms with van der Waals surface area (Å²) in [6, 6.07) is 0.504. The number of likely N-dealkylation sites (N-methyl/N-ethyl adjacent to an activating group) is 1. The summed E-state index contributed by atoms with van der Waals surface area (Å²) in [5, 5.41) is 4.67. The Morgan fingerprint density at radius 1 is 1.40 bits per heavy atom. The van der Waals surface area contributed by atoms with Gasteiger partial charge in [-0.25, -0.2) is 4.98 Å². The first-order valence-electron chi connectivity index (χ1n) is 5.30. The first-order chi connectivity index (χ1) is 6.99. The van der Waals surface area contributed by atoms with Crippen LogP contribution in [0.15, 0.2) is 0 Å². The molecule has 1 N–H and O–H groups in total. The maximum Gasteiger partial charge on any atom is 0.107 e. The number of nitrogens with one attached hydrogen (secondary N) is 1. The topological polar surface area (TPSA) is 28.2 Å². The molecule has 1 rings (SSSR count). The van der Waals surface area contributed by atoms with Gasteiger partial charge in [0.05, 0.1) is 5.69 Å². The second kappa shape index (κ2) is 5.58. The van der Waals surface area contributed by atoms with Gasteiger partial charge in [0.2, 0.25) is 0 Å². The maximum atomic E-state index is 4.50. The van der Waals surface area contributed by atoms with Gasteiger partial charge in [-0.3, -0.25) is 0 Å². The van der Waals surface area contributed by atoms with E-state index in [4.69, 9.17) is 0 Å². The van der Waals surface area contributed by atoms with Gasteiger partial charge < -0.3 is 10.2 Å². The summed E-state index contributed by atoms with van der Waals surface area (Å²) < 4.78 is 0. The molecule has 0 saturated carbocycles. The van der Waals surface area contributed by atoms with Gasteiger partial charge in [-0.15, -0.1) is 11.3 Å². The first kappa shape index (κ1) is 12.6. The van der Waals surface area contributed by atoms with E-state index in [1.54, 1.807) is 11.3 Å². The van der Waals surface area contributed by atoms with Crippen LogP contribution in [-0.4, -0.2) is 36.6 Å². The van der Waals surface area contributed by atoms with Crippen LogP contribution in [0.4, 0.5) is 0 Å². The maximum absolute atomic E-state index is 4.50. The second-order valence-corrected chi connectivity index (χ2v) is 5.58. The summed E-state index contributed by atoms with van der Waals surface area (Å²) in [7, 11) is 4.19. The Kier molecular flexibility index (Phi) is 4.70. The van der Waals surface area contributed by atoms with Crippen LogP contribution in [0.1, 0.15) is 22.5 Å². The van der Waals surface area contributed by atoms with Crippen molar-refractivity contribution in [3.8, 4) is 0 Å². The van der Waals surface area contributed by atoms with Crippen molar-refractivity contribution in [2.24, 2.45) is 0 Å². The summed E-state index contributed by atoms with van der Waals surface area (Å²) in [4.78, 5) is 8.02. The lowest BCUT2D eigenvalue weighted by atomic mass is 10.3. The van der Waals surface area contributed by atoms with E-state index < -0.39 is 0 Å². The highest BCUT2D eigenvalue weighted by Crippen LogP contribution is 2.15. The summed E-state index contributed by atoms with van der Waals surface area (Å²) in [5.74, 6) is 0. The molecule has 0 radical (unpaired) electrons. The van der Waals surface area contributed by atoms with E-state index in [2.05, 4.69) is 50.1 Å². The van der Waals surface area contributed by atoms with Gasteiger partial charge >= 0.3 is 0 Å². The van der Waals surface area contributed by atoms with Gasteiger partial charge in [-0.05, 0) is 34.9 Å². The molecule has 15 heavy (non-hydrogen) atoms. The molecule has 0 fully saturated rings. The van der Waals surface area contributed by atoms with Crippen molar-refractivity contribution in [1.29, 1.82) is 0 Å². The predicted molar refractivity (Wildman–Crippen MR) is 66.4 cm³/mol. The molecule has 4 heteroatoms. The van der Waals surface area contributed by atoms with Crippen molar-refractivity contribution in [2.45, 2.75) is 33.4 Å². The molecule has 1 unspecified atom stereocenters. The van der Waals surface area contributed by atoms with Gasteiger partial charge in [0.15, 0.2) is 0 Å². The SMILES string of the molecule is Cc1nc(CNC(C)CN(C)C)sc1C. The molecule has 0 aliphatic carbocycles. The highest BCUT2D eigenvalue weighted by Gasteiger charge is 2.06. The van der Waals surface area contributed by atoms with Crippen LogP contribution in [0.2, 0.25) is 0 Å². The number of thiazole rings is 1. The molecule has 0 spiro atoms. The van der Waals surface area contributed by atoms with E-state index in [1.165, 1.54) is 9.88 Å². The van der Waals surface area contributed by atoms with Gasteiger partial charge in [-0.1, -0.05) is 0 Å². The van der Waals surface area contributed by atoms with Crippen molar-refractivity contribution in [2.75, 3.05) is 20.6 Å². The van der Waals surface area contributed by atoms with Gasteiger partial charge in [0, 0.05) is 24.0 Å². The third-order valence-electron chi connectivity index (χ3n) is 2.31. The monoisotopic (exact) mass is 227 g/mol. The average Bonchev–Trinajstić information content (AvgIpc) is 2.42. The summed E-state index contributed by atoms with van der Waals surface area (Å²) >= 11 is 1.79. The summed E-state index contributed by atoms with van der Waals surface area (Å²) in [6.07, 6.45) is 0. The van der Waals surface area contributed by atoms with E-state index in [1.807, 2.05) is 0 Å². The number of aryl methyl sites for hydroxylation is 2. The minimum atomic E-state index is 0.504. The van der Waals surface area contributed by atoms with Crippen molar-refractivity contribution in [3.05, 3.63) is 15.6 Å². The molecule has 1 heterocycles. The zero-order chi connectivity index (χ0) is 11.4. The number of hydrogen-bond donors (Lipinski definition) is 1. The minimum absolute atomic E-state index is 0.504. The number of rotatable bonds is 5. The van der Waals surface area contributed by atoms with E-state index in [0.717, 1.165) is 18.8 Å². The summed E-state index contributed by atoms with van der Waals surface area (Å²) in [5.41, 5.74) is 1.16. The fourth-order valence-corrected chi connectivity index (χ4v) is 2.37. The third-order valence-corrected chi connectivity index (χ3v) is 3.39. The number of aromatic nitrogens is 1. The smallest absolute Gasteiger partial charge is 0.107 e. The quantitative estimate of drug-likeness (QED) is 0.831. The molecule has 0 amide bonds. The Morgan fingerprint density at radius 2 is 2.07 bits per heavy atom. The molecule has 1 atom stereocenters. The molecule has 3 nitrogen and oxygen atoms in total. The molecule has 0 aliphatic rings. The zero-order valence-corrected chi connectivity index (χ0v) is 11.1. The normalized spacial score (nSPS) is 13.5. The number of nitrogens with zero attached hydrogens (tertiary/aromatic N) is 2. The van der Waals surface area contributed by atoms with Gasteiger partial charge in [0.25, 0.3) is 0 Å².